The van der Waals surface area contributed by atoms with E-state index in [0.29, 0.717) is 12.1 Å². The first-order valence-electron chi connectivity index (χ1n) is 12.5. The molecule has 5 rings (SSSR count). The van der Waals surface area contributed by atoms with Crippen molar-refractivity contribution in [3.05, 3.63) is 53.2 Å². The van der Waals surface area contributed by atoms with Crippen molar-refractivity contribution in [2.45, 2.75) is 38.2 Å². The van der Waals surface area contributed by atoms with Gasteiger partial charge in [-0.1, -0.05) is 19.2 Å². The summed E-state index contributed by atoms with van der Waals surface area (Å²) in [5.74, 6) is -3.35. The maximum absolute atomic E-state index is 13.6. The molecule has 0 saturated carbocycles. The van der Waals surface area contributed by atoms with E-state index in [4.69, 9.17) is 0 Å². The summed E-state index contributed by atoms with van der Waals surface area (Å²) in [6, 6.07) is 0. The Labute approximate surface area is 219 Å². The van der Waals surface area contributed by atoms with Crippen molar-refractivity contribution in [2.24, 2.45) is 4.99 Å². The predicted molar refractivity (Wildman–Crippen MR) is 143 cm³/mol. The van der Waals surface area contributed by atoms with Crippen LogP contribution in [0.25, 0.3) is 11.4 Å². The molecule has 0 bridgehead atoms. The number of nitrogens with zero attached hydrogens (tertiary/aromatic N) is 5. The molecule has 0 radical (unpaired) electrons. The monoisotopic (exact) mass is 531 g/mol. The zero-order valence-electron chi connectivity index (χ0n) is 21.3. The fourth-order valence-corrected chi connectivity index (χ4v) is 6.60. The van der Waals surface area contributed by atoms with Crippen LogP contribution in [0, 0.1) is 6.92 Å². The van der Waals surface area contributed by atoms with Gasteiger partial charge in [0.25, 0.3) is 5.92 Å². The molecule has 1 aromatic heterocycles. The van der Waals surface area contributed by atoms with E-state index in [9.17, 15) is 18.0 Å². The molecule has 1 unspecified atom stereocenters. The third-order valence-electron chi connectivity index (χ3n) is 7.86. The van der Waals surface area contributed by atoms with Crippen LogP contribution in [-0.2, 0) is 4.79 Å². The number of piperazine rings is 1. The van der Waals surface area contributed by atoms with Crippen molar-refractivity contribution in [1.82, 2.24) is 19.6 Å². The number of rotatable bonds is 5. The van der Waals surface area contributed by atoms with Gasteiger partial charge < -0.3 is 14.7 Å². The minimum atomic E-state index is -2.82. The lowest BCUT2D eigenvalue weighted by Crippen LogP contribution is -2.54. The summed E-state index contributed by atoms with van der Waals surface area (Å²) in [7, 11) is 0. The SMILES string of the molecule is C=C1c2c(sc(C(=C)N3CCN(C4(C)C=CC(F)=CC4)CC3)c2C)N=CN1CC(=O)N1CCC(F)(F)C1. The van der Waals surface area contributed by atoms with E-state index in [-0.39, 0.29) is 36.8 Å². The molecule has 4 heterocycles. The third kappa shape index (κ3) is 4.88. The molecule has 198 valence electrons. The lowest BCUT2D eigenvalue weighted by atomic mass is 9.90. The van der Waals surface area contributed by atoms with Crippen LogP contribution in [0.3, 0.4) is 0 Å². The van der Waals surface area contributed by atoms with Crippen LogP contribution in [0.4, 0.5) is 18.2 Å². The van der Waals surface area contributed by atoms with E-state index in [1.54, 1.807) is 34.7 Å². The molecular weight excluding hydrogens is 499 g/mol. The zero-order valence-corrected chi connectivity index (χ0v) is 22.1. The number of alkyl halides is 2. The van der Waals surface area contributed by atoms with Crippen LogP contribution in [0.15, 0.2) is 42.2 Å². The van der Waals surface area contributed by atoms with Crippen molar-refractivity contribution in [3.8, 4) is 0 Å². The topological polar surface area (TPSA) is 42.4 Å². The van der Waals surface area contributed by atoms with E-state index >= 15 is 0 Å². The molecule has 10 heteroatoms. The first-order chi connectivity index (χ1) is 17.5. The minimum absolute atomic E-state index is 0.0618. The van der Waals surface area contributed by atoms with Gasteiger partial charge in [-0.25, -0.2) is 18.2 Å². The number of likely N-dealkylation sites (tertiary alicyclic amines) is 1. The van der Waals surface area contributed by atoms with E-state index in [1.807, 2.05) is 13.0 Å². The minimum Gasteiger partial charge on any atom is -0.368 e. The molecule has 0 spiro atoms. The molecule has 0 aromatic carbocycles. The predicted octanol–water partition coefficient (Wildman–Crippen LogP) is 5.03. The van der Waals surface area contributed by atoms with E-state index in [1.165, 1.54) is 4.90 Å². The first-order valence-corrected chi connectivity index (χ1v) is 13.3. The summed E-state index contributed by atoms with van der Waals surface area (Å²) in [6.45, 7) is 15.5. The summed E-state index contributed by atoms with van der Waals surface area (Å²) < 4.78 is 40.6. The Balaban J connectivity index is 1.24. The molecule has 0 N–H and O–H groups in total. The molecule has 2 fully saturated rings. The maximum atomic E-state index is 13.6. The Morgan fingerprint density at radius 3 is 2.54 bits per heavy atom. The molecule has 4 aliphatic rings. The number of hydrogen-bond donors (Lipinski definition) is 0. The van der Waals surface area contributed by atoms with E-state index in [0.717, 1.165) is 52.9 Å². The van der Waals surface area contributed by atoms with Crippen molar-refractivity contribution in [3.63, 3.8) is 0 Å². The Morgan fingerprint density at radius 2 is 1.92 bits per heavy atom. The van der Waals surface area contributed by atoms with Crippen molar-refractivity contribution < 1.29 is 18.0 Å². The number of carbonyl (C=O) groups is 1. The molecule has 2 saturated heterocycles. The summed E-state index contributed by atoms with van der Waals surface area (Å²) >= 11 is 1.55. The average Bonchev–Trinajstić information content (AvgIpc) is 3.41. The Hall–Kier alpha value is -2.85. The van der Waals surface area contributed by atoms with Crippen LogP contribution < -0.4 is 0 Å². The molecule has 1 aliphatic carbocycles. The van der Waals surface area contributed by atoms with Gasteiger partial charge in [0.2, 0.25) is 5.91 Å². The van der Waals surface area contributed by atoms with Gasteiger partial charge in [-0.2, -0.15) is 0 Å². The second-order valence-corrected chi connectivity index (χ2v) is 11.4. The van der Waals surface area contributed by atoms with Crippen LogP contribution >= 0.6 is 11.3 Å². The molecule has 37 heavy (non-hydrogen) atoms. The van der Waals surface area contributed by atoms with Crippen LogP contribution in [-0.4, -0.2) is 89.1 Å². The van der Waals surface area contributed by atoms with Gasteiger partial charge in [0, 0.05) is 61.6 Å². The summed E-state index contributed by atoms with van der Waals surface area (Å²) in [5, 5.41) is 0.808. The second-order valence-electron chi connectivity index (χ2n) is 10.4. The summed E-state index contributed by atoms with van der Waals surface area (Å²) in [4.78, 5) is 25.7. The highest BCUT2D eigenvalue weighted by Crippen LogP contribution is 2.45. The van der Waals surface area contributed by atoms with Gasteiger partial charge in [0.05, 0.1) is 17.8 Å². The van der Waals surface area contributed by atoms with Crippen LogP contribution in [0.1, 0.15) is 35.8 Å². The zero-order chi connectivity index (χ0) is 26.5. The fraction of sp³-hybridized carbons (Fsp3) is 0.481. The Morgan fingerprint density at radius 1 is 1.19 bits per heavy atom. The highest BCUT2D eigenvalue weighted by Gasteiger charge is 2.41. The summed E-state index contributed by atoms with van der Waals surface area (Å²) in [5.41, 5.74) is 3.26. The van der Waals surface area contributed by atoms with Gasteiger partial charge in [-0.3, -0.25) is 9.69 Å². The van der Waals surface area contributed by atoms with Crippen LogP contribution in [0.5, 0.6) is 0 Å². The Bertz CT molecular complexity index is 1230. The number of halogens is 3. The summed E-state index contributed by atoms with van der Waals surface area (Å²) in [6.07, 6.45) is 7.08. The van der Waals surface area contributed by atoms with Crippen molar-refractivity contribution >= 4 is 40.0 Å². The third-order valence-corrected chi connectivity index (χ3v) is 9.11. The second kappa shape index (κ2) is 9.47. The number of thiophene rings is 1. The molecule has 1 aromatic rings. The normalized spacial score (nSPS) is 25.5. The van der Waals surface area contributed by atoms with E-state index in [2.05, 4.69) is 34.9 Å². The molecular formula is C27H32F3N5OS. The number of fused-ring (bicyclic) bond motifs is 1. The first kappa shape index (κ1) is 25.8. The number of carbonyl (C=O) groups excluding carboxylic acids is 1. The number of aliphatic imine (C=N–C) groups is 1. The number of allylic oxidation sites excluding steroid dienone is 2. The number of amides is 1. The lowest BCUT2D eigenvalue weighted by molar-refractivity contribution is -0.131. The largest absolute Gasteiger partial charge is 0.368 e. The molecule has 1 amide bonds. The quantitative estimate of drug-likeness (QED) is 0.535. The van der Waals surface area contributed by atoms with Gasteiger partial charge in [-0.05, 0) is 38.0 Å². The maximum Gasteiger partial charge on any atom is 0.267 e. The van der Waals surface area contributed by atoms with Gasteiger partial charge in [-0.15, -0.1) is 11.3 Å². The number of hydrogen-bond acceptors (Lipinski definition) is 6. The average molecular weight is 532 g/mol. The van der Waals surface area contributed by atoms with Crippen molar-refractivity contribution in [2.75, 3.05) is 45.8 Å². The molecule has 6 nitrogen and oxygen atoms in total. The van der Waals surface area contributed by atoms with E-state index < -0.39 is 12.5 Å². The fourth-order valence-electron chi connectivity index (χ4n) is 5.44. The lowest BCUT2D eigenvalue weighted by Gasteiger charge is -2.45. The van der Waals surface area contributed by atoms with Gasteiger partial charge in [0.15, 0.2) is 0 Å². The van der Waals surface area contributed by atoms with Gasteiger partial charge >= 0.3 is 0 Å². The highest BCUT2D eigenvalue weighted by molar-refractivity contribution is 7.17. The van der Waals surface area contributed by atoms with Crippen LogP contribution in [0.2, 0.25) is 0 Å². The Kier molecular flexibility index (Phi) is 6.60. The van der Waals surface area contributed by atoms with Gasteiger partial charge in [0.1, 0.15) is 17.4 Å². The standard InChI is InChI=1S/C27H32F3N5OS/c1-18-23-19(2)34(15-22(36)33-10-9-27(29,30)16-33)17-31-25(23)37-24(18)20(3)32-11-13-35(14-12-32)26(4)7-5-21(28)6-8-26/h5-7,17H,2-3,8-16H2,1,4H3. The van der Waals surface area contributed by atoms with Crippen molar-refractivity contribution in [1.29, 1.82) is 0 Å². The highest BCUT2D eigenvalue weighted by atomic mass is 32.1. The molecule has 1 atom stereocenters. The smallest absolute Gasteiger partial charge is 0.267 e. The molecule has 3 aliphatic heterocycles.